The molecule has 0 amide bonds. The van der Waals surface area contributed by atoms with E-state index < -0.39 is 0 Å². The highest BCUT2D eigenvalue weighted by atomic mass is 28.2. The fraction of sp³-hybridized carbons (Fsp3) is 0.826. The molecule has 0 spiro atoms. The third-order valence-electron chi connectivity index (χ3n) is 8.50. The van der Waals surface area contributed by atoms with Crippen LogP contribution in [-0.2, 0) is 0 Å². The molecule has 4 fully saturated rings. The lowest BCUT2D eigenvalue weighted by Crippen LogP contribution is -2.29. The molecule has 0 aromatic heterocycles. The summed E-state index contributed by atoms with van der Waals surface area (Å²) < 4.78 is 0. The van der Waals surface area contributed by atoms with Crippen LogP contribution in [0.2, 0.25) is 12.1 Å². The second-order valence-corrected chi connectivity index (χ2v) is 12.2. The Hall–Kier alpha value is -0.393. The van der Waals surface area contributed by atoms with Crippen molar-refractivity contribution >= 4 is 14.1 Å². The van der Waals surface area contributed by atoms with Crippen molar-refractivity contribution in [2.24, 2.45) is 35.5 Å². The summed E-state index contributed by atoms with van der Waals surface area (Å²) in [5.74, 6) is 5.75. The summed E-state index contributed by atoms with van der Waals surface area (Å²) >= 11 is 0. The minimum absolute atomic E-state index is 0.228. The van der Waals surface area contributed by atoms with Crippen molar-refractivity contribution in [3.8, 4) is 0 Å². The fourth-order valence-electron chi connectivity index (χ4n) is 7.35. The Bertz CT molecular complexity index is 518. The van der Waals surface area contributed by atoms with Gasteiger partial charge in [-0.2, -0.15) is 0 Å². The van der Waals surface area contributed by atoms with Crippen LogP contribution in [0, 0.1) is 35.5 Å². The van der Waals surface area contributed by atoms with E-state index in [0.29, 0.717) is 0 Å². The van der Waals surface area contributed by atoms with Gasteiger partial charge in [0, 0.05) is 8.41 Å². The Balaban J connectivity index is 1.73. The summed E-state index contributed by atoms with van der Waals surface area (Å²) in [4.78, 5) is 0. The van der Waals surface area contributed by atoms with Crippen LogP contribution in [0.5, 0.6) is 0 Å². The molecule has 0 aliphatic heterocycles. The first kappa shape index (κ1) is 17.0. The summed E-state index contributed by atoms with van der Waals surface area (Å²) in [6.07, 6.45) is 14.9. The van der Waals surface area contributed by atoms with Crippen LogP contribution >= 0.6 is 0 Å². The molecule has 4 aliphatic carbocycles. The van der Waals surface area contributed by atoms with Gasteiger partial charge in [-0.3, -0.25) is 0 Å². The highest BCUT2D eigenvalue weighted by Gasteiger charge is 2.52. The van der Waals surface area contributed by atoms with Crippen LogP contribution in [-0.4, -0.2) is 14.1 Å². The first-order valence-corrected chi connectivity index (χ1v) is 12.9. The second kappa shape index (κ2) is 7.08. The molecule has 0 radical (unpaired) electrons. The number of hydrogen-bond donors (Lipinski definition) is 0. The second-order valence-electron chi connectivity index (χ2n) is 9.27. The zero-order chi connectivity index (χ0) is 16.7. The highest BCUT2D eigenvalue weighted by molar-refractivity contribution is 6.65. The smallest absolute Gasteiger partial charge is 0.00505 e. The Morgan fingerprint density at radius 1 is 0.875 bits per heavy atom. The molecule has 4 aliphatic rings. The van der Waals surface area contributed by atoms with Gasteiger partial charge in [-0.05, 0) is 85.1 Å². The van der Waals surface area contributed by atoms with Gasteiger partial charge in [0.05, 0.1) is 0 Å². The molecule has 0 heterocycles. The van der Waals surface area contributed by atoms with Crippen molar-refractivity contribution in [2.45, 2.75) is 83.2 Å². The molecular formula is C23H36Si. The van der Waals surface area contributed by atoms with Crippen molar-refractivity contribution in [3.63, 3.8) is 0 Å². The molecule has 6 atom stereocenters. The van der Waals surface area contributed by atoms with Gasteiger partial charge in [-0.15, -0.1) is 11.4 Å². The van der Waals surface area contributed by atoms with Crippen LogP contribution < -0.4 is 0 Å². The Labute approximate surface area is 151 Å². The largest absolute Gasteiger partial charge is 0.129 e. The third kappa shape index (κ3) is 2.76. The van der Waals surface area contributed by atoms with Crippen molar-refractivity contribution in [3.05, 3.63) is 17.9 Å². The summed E-state index contributed by atoms with van der Waals surface area (Å²) in [6.45, 7) is 9.10. The average Bonchev–Trinajstić information content (AvgIpc) is 3.03. The lowest BCUT2D eigenvalue weighted by Gasteiger charge is -2.37. The zero-order valence-electron chi connectivity index (χ0n) is 15.9. The Kier molecular flexibility index (Phi) is 5.03. The number of fused-ring (bicyclic) bond motifs is 5. The summed E-state index contributed by atoms with van der Waals surface area (Å²) in [5.41, 5.74) is 8.89. The highest BCUT2D eigenvalue weighted by Crippen LogP contribution is 2.61. The number of rotatable bonds is 1. The maximum Gasteiger partial charge on any atom is 0.00505 e. The van der Waals surface area contributed by atoms with Crippen molar-refractivity contribution < 1.29 is 0 Å². The molecule has 0 saturated heterocycles. The van der Waals surface area contributed by atoms with E-state index in [1.165, 1.54) is 51.4 Å². The lowest BCUT2D eigenvalue weighted by molar-refractivity contribution is 0.126. The molecule has 0 aromatic carbocycles. The number of hydrogen-bond acceptors (Lipinski definition) is 0. The van der Waals surface area contributed by atoms with Crippen LogP contribution in [0.25, 0.3) is 0 Å². The van der Waals surface area contributed by atoms with E-state index in [2.05, 4.69) is 31.5 Å². The molecule has 0 N–H and O–H groups in total. The molecule has 4 saturated carbocycles. The van der Waals surface area contributed by atoms with E-state index in [1.54, 1.807) is 18.4 Å². The predicted molar refractivity (Wildman–Crippen MR) is 107 cm³/mol. The van der Waals surface area contributed by atoms with Crippen molar-refractivity contribution in [1.29, 1.82) is 0 Å². The molecule has 132 valence electrons. The van der Waals surface area contributed by atoms with Gasteiger partial charge in [-0.1, -0.05) is 45.7 Å². The standard InChI is InChI=1S/C23H36Si/c1-4-17-18-10-6-8-12-20(18)22-14-16(24(3)5-2)15-23(22)21-13-9-7-11-19(17)21/h5,16,18-23H,1,6-15H2,2-3H3/b24-5-. The minimum atomic E-state index is -0.228. The fourth-order valence-corrected chi connectivity index (χ4v) is 9.11. The predicted octanol–water partition coefficient (Wildman–Crippen LogP) is 6.25. The first-order chi connectivity index (χ1) is 11.7. The molecule has 4 rings (SSSR count). The summed E-state index contributed by atoms with van der Waals surface area (Å²) in [6, 6.07) is 0. The quantitative estimate of drug-likeness (QED) is 0.391. The van der Waals surface area contributed by atoms with Crippen molar-refractivity contribution in [2.75, 3.05) is 0 Å². The molecule has 0 aromatic rings. The molecule has 0 nitrogen and oxygen atoms in total. The third-order valence-corrected chi connectivity index (χ3v) is 11.2. The average molecular weight is 341 g/mol. The van der Waals surface area contributed by atoms with Gasteiger partial charge < -0.3 is 0 Å². The van der Waals surface area contributed by atoms with Gasteiger partial charge in [0.2, 0.25) is 0 Å². The van der Waals surface area contributed by atoms with Crippen LogP contribution in [0.3, 0.4) is 0 Å². The number of allylic oxidation sites excluding steroid dienone is 1. The molecule has 6 unspecified atom stereocenters. The molecule has 1 heteroatoms. The van der Waals surface area contributed by atoms with E-state index in [4.69, 9.17) is 0 Å². The van der Waals surface area contributed by atoms with Crippen LogP contribution in [0.1, 0.15) is 71.1 Å². The maximum absolute atomic E-state index is 4.20. The summed E-state index contributed by atoms with van der Waals surface area (Å²) in [7, 11) is -0.228. The normalized spacial score (nSPS) is 45.7. The van der Waals surface area contributed by atoms with Crippen LogP contribution in [0.4, 0.5) is 0 Å². The monoisotopic (exact) mass is 340 g/mol. The van der Waals surface area contributed by atoms with E-state index in [9.17, 15) is 0 Å². The van der Waals surface area contributed by atoms with Gasteiger partial charge in [0.25, 0.3) is 0 Å². The minimum Gasteiger partial charge on any atom is -0.129 e. The molecule has 24 heavy (non-hydrogen) atoms. The van der Waals surface area contributed by atoms with E-state index in [1.807, 2.05) is 0 Å². The topological polar surface area (TPSA) is 0 Å². The first-order valence-electron chi connectivity index (χ1n) is 10.8. The van der Waals surface area contributed by atoms with Crippen molar-refractivity contribution in [1.82, 2.24) is 0 Å². The molecular weight excluding hydrogens is 304 g/mol. The molecule has 0 bridgehead atoms. The zero-order valence-corrected chi connectivity index (χ0v) is 16.9. The SMILES string of the molecule is C=C=C1C2CCCCC2C2CC(/[Si](C)=C\C)CC2C2CCCCC12. The maximum atomic E-state index is 4.20. The van der Waals surface area contributed by atoms with E-state index >= 15 is 0 Å². The summed E-state index contributed by atoms with van der Waals surface area (Å²) in [5, 5.41) is 0. The lowest BCUT2D eigenvalue weighted by atomic mass is 9.68. The Morgan fingerprint density at radius 3 is 1.83 bits per heavy atom. The van der Waals surface area contributed by atoms with Gasteiger partial charge in [0.1, 0.15) is 0 Å². The van der Waals surface area contributed by atoms with Gasteiger partial charge in [0.15, 0.2) is 0 Å². The van der Waals surface area contributed by atoms with Gasteiger partial charge >= 0.3 is 0 Å². The van der Waals surface area contributed by atoms with E-state index in [0.717, 1.165) is 41.0 Å². The van der Waals surface area contributed by atoms with Gasteiger partial charge in [-0.25, -0.2) is 0 Å². The Morgan fingerprint density at radius 2 is 1.38 bits per heavy atom. The van der Waals surface area contributed by atoms with E-state index in [-0.39, 0.29) is 8.41 Å². The van der Waals surface area contributed by atoms with Crippen LogP contribution in [0.15, 0.2) is 17.9 Å².